The number of rotatable bonds is 9. The second-order valence-electron chi connectivity index (χ2n) is 7.10. The summed E-state index contributed by atoms with van der Waals surface area (Å²) in [4.78, 5) is 2.37. The van der Waals surface area contributed by atoms with Crippen LogP contribution in [0.2, 0.25) is 0 Å². The lowest BCUT2D eigenvalue weighted by molar-refractivity contribution is 0.222. The van der Waals surface area contributed by atoms with Crippen LogP contribution in [0, 0.1) is 0 Å². The Morgan fingerprint density at radius 2 is 1.76 bits per heavy atom. The van der Waals surface area contributed by atoms with Gasteiger partial charge < -0.3 is 24.4 Å². The standard InChI is InChI=1S/C23H31BrN2O3/c1-5-26(6-2)11-12-29-17-7-8-18-16(13-17)9-10-25-23(18)19-14-21(27-3)22(28-4)15-20(19)24/h7-8,13-15,23,25H,5-6,9-12H2,1-4H3. The Labute approximate surface area is 182 Å². The van der Waals surface area contributed by atoms with Gasteiger partial charge in [0.15, 0.2) is 11.5 Å². The van der Waals surface area contributed by atoms with Crippen LogP contribution >= 0.6 is 15.9 Å². The quantitative estimate of drug-likeness (QED) is 0.597. The average Bonchev–Trinajstić information content (AvgIpc) is 2.76. The first kappa shape index (κ1) is 21.9. The van der Waals surface area contributed by atoms with E-state index in [4.69, 9.17) is 14.2 Å². The van der Waals surface area contributed by atoms with Crippen molar-refractivity contribution in [3.05, 3.63) is 51.5 Å². The number of hydrogen-bond donors (Lipinski definition) is 1. The van der Waals surface area contributed by atoms with E-state index in [9.17, 15) is 0 Å². The number of halogens is 1. The lowest BCUT2D eigenvalue weighted by atomic mass is 9.89. The van der Waals surface area contributed by atoms with Crippen LogP contribution in [-0.2, 0) is 6.42 Å². The molecule has 1 atom stereocenters. The monoisotopic (exact) mass is 462 g/mol. The summed E-state index contributed by atoms with van der Waals surface area (Å²) in [5.41, 5.74) is 3.75. The lowest BCUT2D eigenvalue weighted by Gasteiger charge is -2.29. The minimum Gasteiger partial charge on any atom is -0.493 e. The third-order valence-corrected chi connectivity index (χ3v) is 6.24. The van der Waals surface area contributed by atoms with Gasteiger partial charge in [-0.05, 0) is 60.5 Å². The number of ether oxygens (including phenoxy) is 3. The molecule has 1 heterocycles. The van der Waals surface area contributed by atoms with Crippen molar-refractivity contribution in [2.45, 2.75) is 26.3 Å². The highest BCUT2D eigenvalue weighted by atomic mass is 79.9. The zero-order valence-electron chi connectivity index (χ0n) is 17.8. The summed E-state index contributed by atoms with van der Waals surface area (Å²) < 4.78 is 18.0. The fraction of sp³-hybridized carbons (Fsp3) is 0.478. The third-order valence-electron chi connectivity index (χ3n) is 5.55. The molecule has 0 saturated carbocycles. The van der Waals surface area contributed by atoms with Crippen molar-refractivity contribution in [2.75, 3.05) is 47.0 Å². The summed E-state index contributed by atoms with van der Waals surface area (Å²) in [5.74, 6) is 2.40. The van der Waals surface area contributed by atoms with Crippen molar-refractivity contribution in [1.29, 1.82) is 0 Å². The first-order chi connectivity index (χ1) is 14.1. The van der Waals surface area contributed by atoms with E-state index in [2.05, 4.69) is 58.2 Å². The SMILES string of the molecule is CCN(CC)CCOc1ccc2c(c1)CCNC2c1cc(OC)c(OC)cc1Br. The maximum atomic E-state index is 6.03. The molecule has 29 heavy (non-hydrogen) atoms. The minimum absolute atomic E-state index is 0.0951. The molecule has 1 aliphatic heterocycles. The summed E-state index contributed by atoms with van der Waals surface area (Å²) in [6, 6.07) is 10.6. The normalized spacial score (nSPS) is 15.9. The minimum atomic E-state index is 0.0951. The fourth-order valence-electron chi connectivity index (χ4n) is 3.83. The molecule has 3 rings (SSSR count). The Morgan fingerprint density at radius 1 is 1.03 bits per heavy atom. The third kappa shape index (κ3) is 5.05. The van der Waals surface area contributed by atoms with Crippen LogP contribution in [0.25, 0.3) is 0 Å². The molecule has 1 unspecified atom stereocenters. The number of fused-ring (bicyclic) bond motifs is 1. The smallest absolute Gasteiger partial charge is 0.161 e. The van der Waals surface area contributed by atoms with Gasteiger partial charge in [-0.15, -0.1) is 0 Å². The molecule has 2 aromatic carbocycles. The van der Waals surface area contributed by atoms with Crippen molar-refractivity contribution in [3.8, 4) is 17.2 Å². The molecule has 1 N–H and O–H groups in total. The highest BCUT2D eigenvalue weighted by molar-refractivity contribution is 9.10. The molecule has 0 saturated heterocycles. The molecule has 0 aliphatic carbocycles. The van der Waals surface area contributed by atoms with Gasteiger partial charge >= 0.3 is 0 Å². The van der Waals surface area contributed by atoms with Crippen molar-refractivity contribution in [2.24, 2.45) is 0 Å². The Kier molecular flexibility index (Phi) is 7.81. The van der Waals surface area contributed by atoms with Gasteiger partial charge in [0.25, 0.3) is 0 Å². The Balaban J connectivity index is 1.81. The van der Waals surface area contributed by atoms with E-state index in [1.54, 1.807) is 14.2 Å². The number of likely N-dealkylation sites (N-methyl/N-ethyl adjacent to an activating group) is 1. The summed E-state index contributed by atoms with van der Waals surface area (Å²) in [6.07, 6.45) is 0.990. The van der Waals surface area contributed by atoms with Crippen molar-refractivity contribution in [1.82, 2.24) is 10.2 Å². The molecule has 1 aliphatic rings. The summed E-state index contributed by atoms with van der Waals surface area (Å²) in [5, 5.41) is 3.64. The molecule has 6 heteroatoms. The predicted molar refractivity (Wildman–Crippen MR) is 121 cm³/mol. The van der Waals surface area contributed by atoms with Crippen LogP contribution in [0.15, 0.2) is 34.8 Å². The van der Waals surface area contributed by atoms with Gasteiger partial charge in [-0.2, -0.15) is 0 Å². The van der Waals surface area contributed by atoms with Gasteiger partial charge in [0.1, 0.15) is 12.4 Å². The zero-order valence-corrected chi connectivity index (χ0v) is 19.3. The van der Waals surface area contributed by atoms with Crippen LogP contribution in [0.4, 0.5) is 0 Å². The van der Waals surface area contributed by atoms with E-state index in [1.165, 1.54) is 11.1 Å². The highest BCUT2D eigenvalue weighted by Gasteiger charge is 2.25. The second kappa shape index (κ2) is 10.3. The summed E-state index contributed by atoms with van der Waals surface area (Å²) >= 11 is 3.71. The van der Waals surface area contributed by atoms with Crippen LogP contribution < -0.4 is 19.5 Å². The zero-order chi connectivity index (χ0) is 20.8. The molecule has 0 spiro atoms. The van der Waals surface area contributed by atoms with Gasteiger partial charge in [0, 0.05) is 17.6 Å². The van der Waals surface area contributed by atoms with Crippen LogP contribution in [0.1, 0.15) is 36.6 Å². The van der Waals surface area contributed by atoms with Crippen LogP contribution in [0.5, 0.6) is 17.2 Å². The highest BCUT2D eigenvalue weighted by Crippen LogP contribution is 2.40. The average molecular weight is 463 g/mol. The number of nitrogens with one attached hydrogen (secondary N) is 1. The fourth-order valence-corrected chi connectivity index (χ4v) is 4.38. The van der Waals surface area contributed by atoms with E-state index in [0.29, 0.717) is 6.61 Å². The Morgan fingerprint density at radius 3 is 2.45 bits per heavy atom. The van der Waals surface area contributed by atoms with Crippen molar-refractivity contribution < 1.29 is 14.2 Å². The Bertz CT molecular complexity index is 824. The molecule has 158 valence electrons. The van der Waals surface area contributed by atoms with E-state index in [1.807, 2.05) is 12.1 Å². The van der Waals surface area contributed by atoms with Crippen LogP contribution in [0.3, 0.4) is 0 Å². The van der Waals surface area contributed by atoms with E-state index in [0.717, 1.165) is 59.9 Å². The second-order valence-corrected chi connectivity index (χ2v) is 7.96. The van der Waals surface area contributed by atoms with Gasteiger partial charge in [0.05, 0.1) is 20.3 Å². The van der Waals surface area contributed by atoms with E-state index < -0.39 is 0 Å². The number of nitrogens with zero attached hydrogens (tertiary/aromatic N) is 1. The molecule has 0 bridgehead atoms. The van der Waals surface area contributed by atoms with Gasteiger partial charge in [-0.25, -0.2) is 0 Å². The molecular weight excluding hydrogens is 432 g/mol. The molecule has 5 nitrogen and oxygen atoms in total. The lowest BCUT2D eigenvalue weighted by Crippen LogP contribution is -2.31. The van der Waals surface area contributed by atoms with E-state index >= 15 is 0 Å². The molecule has 2 aromatic rings. The van der Waals surface area contributed by atoms with Crippen LogP contribution in [-0.4, -0.2) is 51.9 Å². The van der Waals surface area contributed by atoms with Crippen molar-refractivity contribution in [3.63, 3.8) is 0 Å². The van der Waals surface area contributed by atoms with E-state index in [-0.39, 0.29) is 6.04 Å². The molecule has 0 radical (unpaired) electrons. The number of hydrogen-bond acceptors (Lipinski definition) is 5. The molecule has 0 aromatic heterocycles. The summed E-state index contributed by atoms with van der Waals surface area (Å²) in [7, 11) is 3.32. The van der Waals surface area contributed by atoms with Gasteiger partial charge in [-0.3, -0.25) is 0 Å². The van der Waals surface area contributed by atoms with Crippen molar-refractivity contribution >= 4 is 15.9 Å². The topological polar surface area (TPSA) is 43.0 Å². The number of benzene rings is 2. The maximum Gasteiger partial charge on any atom is 0.161 e. The Hall–Kier alpha value is -1.76. The van der Waals surface area contributed by atoms with Gasteiger partial charge in [0.2, 0.25) is 0 Å². The first-order valence-corrected chi connectivity index (χ1v) is 11.0. The molecule has 0 amide bonds. The summed E-state index contributed by atoms with van der Waals surface area (Å²) in [6.45, 7) is 9.05. The molecule has 0 fully saturated rings. The largest absolute Gasteiger partial charge is 0.493 e. The first-order valence-electron chi connectivity index (χ1n) is 10.2. The number of methoxy groups -OCH3 is 2. The predicted octanol–water partition coefficient (Wildman–Crippen LogP) is 4.42. The van der Waals surface area contributed by atoms with Gasteiger partial charge in [-0.1, -0.05) is 35.8 Å². The molecular formula is C23H31BrN2O3. The maximum absolute atomic E-state index is 6.03.